The zero-order chi connectivity index (χ0) is 18.9. The van der Waals surface area contributed by atoms with Crippen LogP contribution < -0.4 is 0 Å². The molecule has 0 aliphatic heterocycles. The maximum atomic E-state index is 13.2. The molecule has 0 fully saturated rings. The van der Waals surface area contributed by atoms with Gasteiger partial charge in [0.05, 0.1) is 17.1 Å². The molecular formula is C17H13F3N4OS. The minimum Gasteiger partial charge on any atom is -0.264 e. The van der Waals surface area contributed by atoms with E-state index < -0.39 is 11.9 Å². The van der Waals surface area contributed by atoms with Crippen molar-refractivity contribution in [2.75, 3.05) is 0 Å². The molecule has 0 spiro atoms. The Balaban J connectivity index is 2.30. The number of nitrogens with zero attached hydrogens (tertiary/aromatic N) is 4. The average molecular weight is 378 g/mol. The van der Waals surface area contributed by atoms with Gasteiger partial charge < -0.3 is 0 Å². The van der Waals surface area contributed by atoms with E-state index in [1.165, 1.54) is 17.1 Å². The molecule has 0 amide bonds. The first-order valence-electron chi connectivity index (χ1n) is 7.51. The lowest BCUT2D eigenvalue weighted by Gasteiger charge is -2.13. The largest absolute Gasteiger partial charge is 0.435 e. The number of hydrogen-bond donors (Lipinski definition) is 0. The van der Waals surface area contributed by atoms with Gasteiger partial charge in [-0.3, -0.25) is 4.98 Å². The molecule has 2 heterocycles. The molecule has 0 atom stereocenters. The number of aromatic nitrogens is 3. The van der Waals surface area contributed by atoms with Gasteiger partial charge in [-0.25, -0.2) is 4.68 Å². The van der Waals surface area contributed by atoms with Gasteiger partial charge in [0.1, 0.15) is 0 Å². The number of benzene rings is 1. The second kappa shape index (κ2) is 6.83. The summed E-state index contributed by atoms with van der Waals surface area (Å²) in [7, 11) is 0. The first-order chi connectivity index (χ1) is 12.3. The third-order valence-electron chi connectivity index (χ3n) is 3.92. The molecule has 0 unspecified atom stereocenters. The van der Waals surface area contributed by atoms with Gasteiger partial charge in [0, 0.05) is 23.5 Å². The van der Waals surface area contributed by atoms with E-state index in [-0.39, 0.29) is 17.2 Å². The Kier molecular flexibility index (Phi) is 4.73. The molecule has 0 aliphatic rings. The van der Waals surface area contributed by atoms with Crippen LogP contribution in [0.15, 0.2) is 47.1 Å². The zero-order valence-electron chi connectivity index (χ0n) is 13.8. The molecule has 0 N–H and O–H groups in total. The Morgan fingerprint density at radius 2 is 1.96 bits per heavy atom. The standard InChI is InChI=1S/C17H13F3N4OS/c1-10-5-6-13(11(2)16(10)23-26-25)24-14(12-4-3-7-21-9-12)8-15(22-24)17(18,19)20/h3-9H,1-2H3. The minimum absolute atomic E-state index is 0.0523. The number of hydrogen-bond acceptors (Lipinski definition) is 4. The number of pyridine rings is 1. The van der Waals surface area contributed by atoms with Crippen LogP contribution in [0.5, 0.6) is 0 Å². The molecule has 1 aromatic carbocycles. The summed E-state index contributed by atoms with van der Waals surface area (Å²) in [6.45, 7) is 3.47. The fourth-order valence-corrected chi connectivity index (χ4v) is 3.01. The summed E-state index contributed by atoms with van der Waals surface area (Å²) >= 11 is 0.0523. The summed E-state index contributed by atoms with van der Waals surface area (Å²) in [5.74, 6) is 0. The van der Waals surface area contributed by atoms with Gasteiger partial charge in [-0.05, 0) is 43.7 Å². The predicted octanol–water partition coefficient (Wildman–Crippen LogP) is 4.60. The Bertz CT molecular complexity index is 1010. The molecule has 0 aliphatic carbocycles. The molecule has 0 bridgehead atoms. The van der Waals surface area contributed by atoms with E-state index in [0.717, 1.165) is 11.6 Å². The summed E-state index contributed by atoms with van der Waals surface area (Å²) in [4.78, 5) is 3.97. The van der Waals surface area contributed by atoms with Crippen molar-refractivity contribution in [3.63, 3.8) is 0 Å². The van der Waals surface area contributed by atoms with Gasteiger partial charge in [0.15, 0.2) is 5.69 Å². The average Bonchev–Trinajstić information content (AvgIpc) is 3.05. The van der Waals surface area contributed by atoms with Crippen molar-refractivity contribution in [2.45, 2.75) is 20.0 Å². The first-order valence-corrected chi connectivity index (χ1v) is 8.21. The van der Waals surface area contributed by atoms with Crippen molar-refractivity contribution in [3.05, 3.63) is 59.5 Å². The van der Waals surface area contributed by atoms with Crippen LogP contribution in [0.4, 0.5) is 18.9 Å². The second-order valence-electron chi connectivity index (χ2n) is 5.61. The highest BCUT2D eigenvalue weighted by Gasteiger charge is 2.35. The Morgan fingerprint density at radius 3 is 2.58 bits per heavy atom. The van der Waals surface area contributed by atoms with Gasteiger partial charge in [0.25, 0.3) is 0 Å². The van der Waals surface area contributed by atoms with Crippen molar-refractivity contribution in [1.82, 2.24) is 14.8 Å². The van der Waals surface area contributed by atoms with Crippen LogP contribution in [0.2, 0.25) is 0 Å². The van der Waals surface area contributed by atoms with E-state index in [2.05, 4.69) is 14.4 Å². The monoisotopic (exact) mass is 378 g/mol. The maximum Gasteiger partial charge on any atom is 0.435 e. The fourth-order valence-electron chi connectivity index (χ4n) is 2.66. The lowest BCUT2D eigenvalue weighted by atomic mass is 10.1. The lowest BCUT2D eigenvalue weighted by Crippen LogP contribution is -2.08. The van der Waals surface area contributed by atoms with E-state index >= 15 is 0 Å². The first kappa shape index (κ1) is 18.0. The topological polar surface area (TPSA) is 60.1 Å². The number of alkyl halides is 3. The van der Waals surface area contributed by atoms with Crippen molar-refractivity contribution < 1.29 is 17.4 Å². The van der Waals surface area contributed by atoms with E-state index in [1.54, 1.807) is 38.1 Å². The summed E-state index contributed by atoms with van der Waals surface area (Å²) < 4.78 is 55.6. The summed E-state index contributed by atoms with van der Waals surface area (Å²) in [5.41, 5.74) is 1.90. The van der Waals surface area contributed by atoms with Gasteiger partial charge in [-0.1, -0.05) is 6.07 Å². The molecule has 2 aromatic heterocycles. The highest BCUT2D eigenvalue weighted by atomic mass is 32.1. The van der Waals surface area contributed by atoms with Gasteiger partial charge >= 0.3 is 6.18 Å². The SMILES string of the molecule is Cc1ccc(-n2nc(C(F)(F)F)cc2-c2cccnc2)c(C)c1N=S=O. The minimum atomic E-state index is -4.58. The van der Waals surface area contributed by atoms with Crippen LogP contribution in [0.3, 0.4) is 0 Å². The highest BCUT2D eigenvalue weighted by Crippen LogP contribution is 2.35. The third-order valence-corrected chi connectivity index (χ3v) is 4.18. The second-order valence-corrected chi connectivity index (χ2v) is 5.94. The predicted molar refractivity (Wildman–Crippen MR) is 91.5 cm³/mol. The smallest absolute Gasteiger partial charge is 0.264 e. The number of rotatable bonds is 3. The molecule has 134 valence electrons. The van der Waals surface area contributed by atoms with E-state index in [1.807, 2.05) is 0 Å². The van der Waals surface area contributed by atoms with E-state index in [9.17, 15) is 17.4 Å². The normalized spacial score (nSPS) is 11.4. The maximum absolute atomic E-state index is 13.2. The van der Waals surface area contributed by atoms with Crippen molar-refractivity contribution in [2.24, 2.45) is 4.36 Å². The number of aryl methyl sites for hydroxylation is 1. The van der Waals surface area contributed by atoms with Crippen LogP contribution >= 0.6 is 0 Å². The molecule has 5 nitrogen and oxygen atoms in total. The molecule has 9 heteroatoms. The molecule has 0 saturated heterocycles. The van der Waals surface area contributed by atoms with Crippen molar-refractivity contribution >= 4 is 17.2 Å². The van der Waals surface area contributed by atoms with E-state index in [0.29, 0.717) is 22.5 Å². The van der Waals surface area contributed by atoms with Crippen LogP contribution in [-0.4, -0.2) is 19.0 Å². The molecular weight excluding hydrogens is 365 g/mol. The third kappa shape index (κ3) is 3.30. The van der Waals surface area contributed by atoms with Gasteiger partial charge in [-0.15, -0.1) is 0 Å². The van der Waals surface area contributed by atoms with Crippen LogP contribution in [-0.2, 0) is 17.6 Å². The molecule has 0 radical (unpaired) electrons. The summed E-state index contributed by atoms with van der Waals surface area (Å²) in [5, 5.41) is 3.76. The van der Waals surface area contributed by atoms with Gasteiger partial charge in [0.2, 0.25) is 11.5 Å². The zero-order valence-corrected chi connectivity index (χ0v) is 14.6. The Hall–Kier alpha value is -2.81. The van der Waals surface area contributed by atoms with Crippen LogP contribution in [0, 0.1) is 13.8 Å². The molecule has 26 heavy (non-hydrogen) atoms. The molecule has 3 aromatic rings. The van der Waals surface area contributed by atoms with E-state index in [4.69, 9.17) is 0 Å². The highest BCUT2D eigenvalue weighted by molar-refractivity contribution is 7.54. The molecule has 0 saturated carbocycles. The fraction of sp³-hybridized carbons (Fsp3) is 0.176. The number of halogens is 3. The summed E-state index contributed by atoms with van der Waals surface area (Å²) in [6.07, 6.45) is -1.58. The lowest BCUT2D eigenvalue weighted by molar-refractivity contribution is -0.141. The Labute approximate surface area is 150 Å². The quantitative estimate of drug-likeness (QED) is 0.669. The Morgan fingerprint density at radius 1 is 1.19 bits per heavy atom. The van der Waals surface area contributed by atoms with Crippen LogP contribution in [0.1, 0.15) is 16.8 Å². The van der Waals surface area contributed by atoms with Crippen LogP contribution in [0.25, 0.3) is 16.9 Å². The van der Waals surface area contributed by atoms with Gasteiger partial charge in [-0.2, -0.15) is 26.8 Å². The van der Waals surface area contributed by atoms with Crippen molar-refractivity contribution in [3.8, 4) is 16.9 Å². The summed E-state index contributed by atoms with van der Waals surface area (Å²) in [6, 6.07) is 7.63. The van der Waals surface area contributed by atoms with Crippen molar-refractivity contribution in [1.29, 1.82) is 0 Å². The molecule has 3 rings (SSSR count).